The van der Waals surface area contributed by atoms with E-state index in [4.69, 9.17) is 9.47 Å². The Morgan fingerprint density at radius 3 is 2.64 bits per heavy atom. The number of nitrogens with zero attached hydrogens (tertiary/aromatic N) is 2. The summed E-state index contributed by atoms with van der Waals surface area (Å²) in [6.07, 6.45) is 1.85. The fraction of sp³-hybridized carbons (Fsp3) is 0.263. The molecule has 3 aromatic rings. The highest BCUT2D eigenvalue weighted by molar-refractivity contribution is 5.94. The van der Waals surface area contributed by atoms with E-state index >= 15 is 0 Å². The quantitative estimate of drug-likeness (QED) is 0.776. The van der Waals surface area contributed by atoms with Crippen LogP contribution in [0.1, 0.15) is 27.3 Å². The van der Waals surface area contributed by atoms with Crippen LogP contribution >= 0.6 is 0 Å². The summed E-state index contributed by atoms with van der Waals surface area (Å²) < 4.78 is 12.3. The van der Waals surface area contributed by atoms with Gasteiger partial charge in [-0.05, 0) is 43.2 Å². The third-order valence-corrected chi connectivity index (χ3v) is 4.14. The third kappa shape index (κ3) is 3.15. The monoisotopic (exact) mass is 339 g/mol. The lowest BCUT2D eigenvalue weighted by atomic mass is 10.2. The Morgan fingerprint density at radius 2 is 1.92 bits per heavy atom. The van der Waals surface area contributed by atoms with Crippen LogP contribution in [0.4, 0.5) is 0 Å². The first kappa shape index (κ1) is 16.8. The first-order chi connectivity index (χ1) is 12.0. The number of benzene rings is 1. The van der Waals surface area contributed by atoms with Gasteiger partial charge in [0.2, 0.25) is 0 Å². The Bertz CT molecular complexity index is 931. The van der Waals surface area contributed by atoms with Crippen LogP contribution in [-0.4, -0.2) is 29.5 Å². The molecule has 0 aliphatic heterocycles. The van der Waals surface area contributed by atoms with E-state index in [1.165, 1.54) is 0 Å². The molecule has 2 heterocycles. The van der Waals surface area contributed by atoms with E-state index in [0.717, 1.165) is 16.8 Å². The molecule has 0 saturated heterocycles. The van der Waals surface area contributed by atoms with Gasteiger partial charge in [-0.15, -0.1) is 0 Å². The number of rotatable bonds is 5. The molecule has 0 aliphatic rings. The molecule has 1 aromatic carbocycles. The number of ether oxygens (including phenoxy) is 2. The second-order valence-corrected chi connectivity index (χ2v) is 5.80. The predicted molar refractivity (Wildman–Crippen MR) is 95.4 cm³/mol. The van der Waals surface area contributed by atoms with Gasteiger partial charge in [0, 0.05) is 12.7 Å². The van der Waals surface area contributed by atoms with Crippen LogP contribution in [0, 0.1) is 13.8 Å². The van der Waals surface area contributed by atoms with Gasteiger partial charge in [0.15, 0.2) is 11.5 Å². The maximum Gasteiger partial charge on any atom is 0.270 e. The molecule has 1 N–H and O–H groups in total. The van der Waals surface area contributed by atoms with Gasteiger partial charge in [0.05, 0.1) is 19.9 Å². The average molecular weight is 339 g/mol. The predicted octanol–water partition coefficient (Wildman–Crippen LogP) is 2.90. The van der Waals surface area contributed by atoms with E-state index in [0.29, 0.717) is 29.4 Å². The number of imidazole rings is 1. The van der Waals surface area contributed by atoms with Gasteiger partial charge in [-0.25, -0.2) is 4.98 Å². The van der Waals surface area contributed by atoms with Gasteiger partial charge < -0.3 is 14.8 Å². The van der Waals surface area contributed by atoms with E-state index in [-0.39, 0.29) is 5.91 Å². The Balaban J connectivity index is 1.82. The summed E-state index contributed by atoms with van der Waals surface area (Å²) in [7, 11) is 3.18. The molecule has 130 valence electrons. The Kier molecular flexibility index (Phi) is 4.61. The van der Waals surface area contributed by atoms with Crippen LogP contribution in [-0.2, 0) is 6.54 Å². The summed E-state index contributed by atoms with van der Waals surface area (Å²) in [5.41, 5.74) is 4.02. The molecule has 0 fully saturated rings. The lowest BCUT2D eigenvalue weighted by Crippen LogP contribution is -2.25. The van der Waals surface area contributed by atoms with E-state index in [1.54, 1.807) is 14.2 Å². The van der Waals surface area contributed by atoms with Crippen LogP contribution < -0.4 is 14.8 Å². The van der Waals surface area contributed by atoms with Crippen LogP contribution in [0.5, 0.6) is 11.5 Å². The highest BCUT2D eigenvalue weighted by Crippen LogP contribution is 2.27. The fourth-order valence-electron chi connectivity index (χ4n) is 2.85. The average Bonchev–Trinajstić information content (AvgIpc) is 2.97. The van der Waals surface area contributed by atoms with Gasteiger partial charge in [-0.2, -0.15) is 0 Å². The van der Waals surface area contributed by atoms with Crippen molar-refractivity contribution in [1.29, 1.82) is 0 Å². The topological polar surface area (TPSA) is 64.9 Å². The molecule has 0 saturated carbocycles. The van der Waals surface area contributed by atoms with Crippen LogP contribution in [0.15, 0.2) is 36.5 Å². The molecule has 0 spiro atoms. The largest absolute Gasteiger partial charge is 0.493 e. The summed E-state index contributed by atoms with van der Waals surface area (Å²) in [6.45, 7) is 4.21. The Morgan fingerprint density at radius 1 is 1.16 bits per heavy atom. The normalized spacial score (nSPS) is 10.7. The van der Waals surface area contributed by atoms with Crippen LogP contribution in [0.25, 0.3) is 5.65 Å². The second-order valence-electron chi connectivity index (χ2n) is 5.80. The van der Waals surface area contributed by atoms with Crippen LogP contribution in [0.3, 0.4) is 0 Å². The summed E-state index contributed by atoms with van der Waals surface area (Å²) in [4.78, 5) is 17.2. The van der Waals surface area contributed by atoms with Crippen molar-refractivity contribution in [2.45, 2.75) is 20.4 Å². The maximum atomic E-state index is 12.7. The van der Waals surface area contributed by atoms with Gasteiger partial charge in [0.25, 0.3) is 5.91 Å². The molecule has 0 atom stereocenters. The first-order valence-corrected chi connectivity index (χ1v) is 7.98. The highest BCUT2D eigenvalue weighted by atomic mass is 16.5. The summed E-state index contributed by atoms with van der Waals surface area (Å²) in [5.74, 6) is 1.13. The van der Waals surface area contributed by atoms with E-state index in [9.17, 15) is 4.79 Å². The van der Waals surface area contributed by atoms with Crippen LogP contribution in [0.2, 0.25) is 0 Å². The number of aromatic nitrogens is 2. The number of carbonyl (C=O) groups excluding carboxylic acids is 1. The number of aryl methyl sites for hydroxylation is 2. The molecule has 3 rings (SSSR count). The van der Waals surface area contributed by atoms with Crippen molar-refractivity contribution in [2.75, 3.05) is 14.2 Å². The van der Waals surface area contributed by atoms with E-state index in [2.05, 4.69) is 10.3 Å². The number of fused-ring (bicyclic) bond motifs is 1. The molecule has 0 bridgehead atoms. The van der Waals surface area contributed by atoms with Crippen molar-refractivity contribution < 1.29 is 14.3 Å². The number of hydrogen-bond acceptors (Lipinski definition) is 4. The SMILES string of the molecule is COc1ccc(CNC(=O)c2c(C)nc3c(C)cccn23)cc1OC. The Hall–Kier alpha value is -3.02. The molecule has 0 aliphatic carbocycles. The zero-order valence-corrected chi connectivity index (χ0v) is 14.8. The standard InChI is InChI=1S/C19H21N3O3/c1-12-6-5-9-22-17(13(2)21-18(12)22)19(23)20-11-14-7-8-15(24-3)16(10-14)25-4/h5-10H,11H2,1-4H3,(H,20,23). The van der Waals surface area contributed by atoms with Gasteiger partial charge in [-0.1, -0.05) is 12.1 Å². The number of methoxy groups -OCH3 is 2. The molecule has 6 nitrogen and oxygen atoms in total. The smallest absolute Gasteiger partial charge is 0.270 e. The summed E-state index contributed by atoms with van der Waals surface area (Å²) >= 11 is 0. The Labute approximate surface area is 146 Å². The molecule has 2 aromatic heterocycles. The number of pyridine rings is 1. The number of nitrogens with one attached hydrogen (secondary N) is 1. The number of hydrogen-bond donors (Lipinski definition) is 1. The molecule has 1 amide bonds. The van der Waals surface area contributed by atoms with Gasteiger partial charge in [-0.3, -0.25) is 9.20 Å². The van der Waals surface area contributed by atoms with Crippen molar-refractivity contribution in [3.05, 3.63) is 59.0 Å². The number of carbonyl (C=O) groups is 1. The van der Waals surface area contributed by atoms with Crippen molar-refractivity contribution in [3.8, 4) is 11.5 Å². The van der Waals surface area contributed by atoms with E-state index < -0.39 is 0 Å². The maximum absolute atomic E-state index is 12.7. The minimum Gasteiger partial charge on any atom is -0.493 e. The second kappa shape index (κ2) is 6.84. The minimum absolute atomic E-state index is 0.162. The first-order valence-electron chi connectivity index (χ1n) is 7.98. The molecule has 0 radical (unpaired) electrons. The lowest BCUT2D eigenvalue weighted by molar-refractivity contribution is 0.0944. The lowest BCUT2D eigenvalue weighted by Gasteiger charge is -2.10. The summed E-state index contributed by atoms with van der Waals surface area (Å²) in [6, 6.07) is 9.46. The molecule has 6 heteroatoms. The third-order valence-electron chi connectivity index (χ3n) is 4.14. The zero-order chi connectivity index (χ0) is 18.0. The highest BCUT2D eigenvalue weighted by Gasteiger charge is 2.17. The van der Waals surface area contributed by atoms with E-state index in [1.807, 2.05) is 54.8 Å². The molecular formula is C19H21N3O3. The molecule has 25 heavy (non-hydrogen) atoms. The summed E-state index contributed by atoms with van der Waals surface area (Å²) in [5, 5.41) is 2.95. The van der Waals surface area contributed by atoms with Crippen molar-refractivity contribution in [2.24, 2.45) is 0 Å². The van der Waals surface area contributed by atoms with Crippen molar-refractivity contribution >= 4 is 11.6 Å². The minimum atomic E-state index is -0.162. The molecule has 0 unspecified atom stereocenters. The van der Waals surface area contributed by atoms with Gasteiger partial charge in [0.1, 0.15) is 11.3 Å². The van der Waals surface area contributed by atoms with Crippen molar-refractivity contribution in [3.63, 3.8) is 0 Å². The number of amides is 1. The fourth-order valence-corrected chi connectivity index (χ4v) is 2.85. The van der Waals surface area contributed by atoms with Gasteiger partial charge >= 0.3 is 0 Å². The molecular weight excluding hydrogens is 318 g/mol. The van der Waals surface area contributed by atoms with Crippen molar-refractivity contribution in [1.82, 2.24) is 14.7 Å². The zero-order valence-electron chi connectivity index (χ0n) is 14.8.